The molecule has 0 radical (unpaired) electrons. The predicted molar refractivity (Wildman–Crippen MR) is 110 cm³/mol. The average molecular weight is 374 g/mol. The highest BCUT2D eigenvalue weighted by atomic mass is 16.5. The molecular weight excluding hydrogens is 352 g/mol. The lowest BCUT2D eigenvalue weighted by atomic mass is 9.91. The summed E-state index contributed by atoms with van der Waals surface area (Å²) in [6.07, 6.45) is 6.07. The Labute approximate surface area is 162 Å². The SMILES string of the molecule is O=c1[nH]c2ccccc2n1C=CCN1CCC(c2noc3ccccc23)CC1. The molecule has 6 nitrogen and oxygen atoms in total. The Morgan fingerprint density at radius 1 is 1.11 bits per heavy atom. The monoisotopic (exact) mass is 374 g/mol. The minimum absolute atomic E-state index is 0.103. The predicted octanol–water partition coefficient (Wildman–Crippen LogP) is 3.82. The number of likely N-dealkylation sites (tertiary alicyclic amines) is 1. The number of aromatic nitrogens is 3. The minimum Gasteiger partial charge on any atom is -0.356 e. The van der Waals surface area contributed by atoms with Crippen molar-refractivity contribution in [1.29, 1.82) is 0 Å². The second-order valence-corrected chi connectivity index (χ2v) is 7.34. The van der Waals surface area contributed by atoms with Crippen molar-refractivity contribution >= 4 is 28.2 Å². The van der Waals surface area contributed by atoms with Crippen molar-refractivity contribution in [2.24, 2.45) is 0 Å². The number of nitrogens with one attached hydrogen (secondary N) is 1. The molecule has 0 atom stereocenters. The lowest BCUT2D eigenvalue weighted by Gasteiger charge is -2.30. The third-order valence-corrected chi connectivity index (χ3v) is 5.62. The molecule has 1 aliphatic rings. The van der Waals surface area contributed by atoms with Crippen LogP contribution in [-0.2, 0) is 0 Å². The lowest BCUT2D eigenvalue weighted by molar-refractivity contribution is 0.229. The molecule has 28 heavy (non-hydrogen) atoms. The molecule has 5 rings (SSSR count). The van der Waals surface area contributed by atoms with E-state index in [9.17, 15) is 4.79 Å². The molecule has 2 aromatic carbocycles. The van der Waals surface area contributed by atoms with Gasteiger partial charge in [0, 0.05) is 24.0 Å². The molecule has 0 saturated carbocycles. The Balaban J connectivity index is 1.23. The molecule has 4 aromatic rings. The van der Waals surface area contributed by atoms with Crippen LogP contribution in [0, 0.1) is 0 Å². The Bertz CT molecular complexity index is 1190. The van der Waals surface area contributed by atoms with Crippen LogP contribution in [0.2, 0.25) is 0 Å². The number of imidazole rings is 1. The molecule has 0 unspecified atom stereocenters. The summed E-state index contributed by atoms with van der Waals surface area (Å²) in [4.78, 5) is 17.4. The molecular formula is C22H22N4O2. The van der Waals surface area contributed by atoms with Gasteiger partial charge in [0.05, 0.1) is 16.7 Å². The summed E-state index contributed by atoms with van der Waals surface area (Å²) >= 11 is 0. The van der Waals surface area contributed by atoms with E-state index in [2.05, 4.69) is 27.2 Å². The number of benzene rings is 2. The molecule has 0 aliphatic carbocycles. The van der Waals surface area contributed by atoms with E-state index in [1.807, 2.05) is 48.7 Å². The van der Waals surface area contributed by atoms with E-state index in [0.717, 1.165) is 60.2 Å². The van der Waals surface area contributed by atoms with Gasteiger partial charge in [0.15, 0.2) is 5.58 Å². The van der Waals surface area contributed by atoms with Gasteiger partial charge in [-0.3, -0.25) is 9.47 Å². The number of H-pyrrole nitrogens is 1. The molecule has 1 saturated heterocycles. The van der Waals surface area contributed by atoms with Gasteiger partial charge in [0.25, 0.3) is 0 Å². The van der Waals surface area contributed by atoms with Gasteiger partial charge in [0.2, 0.25) is 0 Å². The van der Waals surface area contributed by atoms with Crippen molar-refractivity contribution in [3.8, 4) is 0 Å². The number of nitrogens with zero attached hydrogens (tertiary/aromatic N) is 3. The maximum Gasteiger partial charge on any atom is 0.330 e. The Morgan fingerprint density at radius 2 is 1.89 bits per heavy atom. The Kier molecular flexibility index (Phi) is 4.33. The van der Waals surface area contributed by atoms with Crippen LogP contribution in [0.5, 0.6) is 0 Å². The first-order valence-corrected chi connectivity index (χ1v) is 9.72. The number of hydrogen-bond acceptors (Lipinski definition) is 4. The average Bonchev–Trinajstić information content (AvgIpc) is 3.30. The molecule has 0 amide bonds. The number of fused-ring (bicyclic) bond motifs is 2. The lowest BCUT2D eigenvalue weighted by Crippen LogP contribution is -2.33. The fourth-order valence-corrected chi connectivity index (χ4v) is 4.11. The fraction of sp³-hybridized carbons (Fsp3) is 0.273. The highest BCUT2D eigenvalue weighted by molar-refractivity contribution is 5.79. The summed E-state index contributed by atoms with van der Waals surface area (Å²) in [6.45, 7) is 2.86. The molecule has 1 aliphatic heterocycles. The van der Waals surface area contributed by atoms with Gasteiger partial charge in [-0.2, -0.15) is 0 Å². The largest absolute Gasteiger partial charge is 0.356 e. The first-order chi connectivity index (χ1) is 13.8. The van der Waals surface area contributed by atoms with E-state index >= 15 is 0 Å². The van der Waals surface area contributed by atoms with Crippen molar-refractivity contribution in [3.05, 3.63) is 70.8 Å². The summed E-state index contributed by atoms with van der Waals surface area (Å²) < 4.78 is 7.14. The maximum atomic E-state index is 12.1. The van der Waals surface area contributed by atoms with Gasteiger partial charge >= 0.3 is 5.69 Å². The van der Waals surface area contributed by atoms with Crippen LogP contribution in [0.25, 0.3) is 28.2 Å². The van der Waals surface area contributed by atoms with Crippen LogP contribution in [0.1, 0.15) is 24.5 Å². The normalized spacial score (nSPS) is 16.6. The summed E-state index contributed by atoms with van der Waals surface area (Å²) in [5.41, 5.74) is 3.62. The topological polar surface area (TPSA) is 67.1 Å². The first kappa shape index (κ1) is 17.0. The molecule has 6 heteroatoms. The molecule has 0 bridgehead atoms. The van der Waals surface area contributed by atoms with Crippen molar-refractivity contribution in [2.45, 2.75) is 18.8 Å². The van der Waals surface area contributed by atoms with Gasteiger partial charge in [-0.15, -0.1) is 0 Å². The van der Waals surface area contributed by atoms with E-state index in [-0.39, 0.29) is 5.69 Å². The molecule has 1 N–H and O–H groups in total. The van der Waals surface area contributed by atoms with Crippen LogP contribution in [-0.4, -0.2) is 39.2 Å². The van der Waals surface area contributed by atoms with E-state index < -0.39 is 0 Å². The van der Waals surface area contributed by atoms with Crippen LogP contribution >= 0.6 is 0 Å². The zero-order valence-electron chi connectivity index (χ0n) is 15.5. The fourth-order valence-electron chi connectivity index (χ4n) is 4.11. The molecule has 0 spiro atoms. The van der Waals surface area contributed by atoms with Crippen molar-refractivity contribution in [1.82, 2.24) is 19.6 Å². The van der Waals surface area contributed by atoms with Gasteiger partial charge in [-0.25, -0.2) is 4.79 Å². The number of para-hydroxylation sites is 3. The number of aromatic amines is 1. The summed E-state index contributed by atoms with van der Waals surface area (Å²) in [7, 11) is 0. The van der Waals surface area contributed by atoms with Gasteiger partial charge in [-0.05, 0) is 50.2 Å². The summed E-state index contributed by atoms with van der Waals surface area (Å²) in [5.74, 6) is 0.445. The van der Waals surface area contributed by atoms with Crippen LogP contribution in [0.15, 0.2) is 63.9 Å². The smallest absolute Gasteiger partial charge is 0.330 e. The molecule has 2 aromatic heterocycles. The van der Waals surface area contributed by atoms with E-state index in [4.69, 9.17) is 4.52 Å². The Hall–Kier alpha value is -3.12. The van der Waals surface area contributed by atoms with Crippen LogP contribution in [0.4, 0.5) is 0 Å². The van der Waals surface area contributed by atoms with Crippen LogP contribution in [0.3, 0.4) is 0 Å². The van der Waals surface area contributed by atoms with Crippen LogP contribution < -0.4 is 5.69 Å². The number of hydrogen-bond donors (Lipinski definition) is 1. The van der Waals surface area contributed by atoms with Crippen molar-refractivity contribution < 1.29 is 4.52 Å². The number of rotatable bonds is 4. The third kappa shape index (κ3) is 3.05. The van der Waals surface area contributed by atoms with E-state index in [0.29, 0.717) is 5.92 Å². The van der Waals surface area contributed by atoms with Gasteiger partial charge < -0.3 is 9.51 Å². The number of piperidine rings is 1. The quantitative estimate of drug-likeness (QED) is 0.590. The molecule has 142 valence electrons. The second-order valence-electron chi connectivity index (χ2n) is 7.34. The standard InChI is InChI=1S/C22H22N4O2/c27-22-23-18-7-2-3-8-19(18)26(22)13-5-12-25-14-10-16(11-15-25)21-17-6-1-4-9-20(17)28-24-21/h1-9,13,16H,10-12,14-15H2,(H,23,27). The minimum atomic E-state index is -0.103. The van der Waals surface area contributed by atoms with E-state index in [1.165, 1.54) is 0 Å². The van der Waals surface area contributed by atoms with Crippen molar-refractivity contribution in [3.63, 3.8) is 0 Å². The second kappa shape index (κ2) is 7.13. The molecule has 3 heterocycles. The highest BCUT2D eigenvalue weighted by Crippen LogP contribution is 2.32. The van der Waals surface area contributed by atoms with Gasteiger partial charge in [0.1, 0.15) is 0 Å². The summed E-state index contributed by atoms with van der Waals surface area (Å²) in [6, 6.07) is 15.8. The van der Waals surface area contributed by atoms with Crippen molar-refractivity contribution in [2.75, 3.05) is 19.6 Å². The summed E-state index contributed by atoms with van der Waals surface area (Å²) in [5, 5.41) is 5.47. The van der Waals surface area contributed by atoms with E-state index in [1.54, 1.807) is 4.57 Å². The first-order valence-electron chi connectivity index (χ1n) is 9.72. The zero-order valence-corrected chi connectivity index (χ0v) is 15.5. The highest BCUT2D eigenvalue weighted by Gasteiger charge is 2.24. The Morgan fingerprint density at radius 3 is 2.79 bits per heavy atom. The van der Waals surface area contributed by atoms with Gasteiger partial charge in [-0.1, -0.05) is 35.5 Å². The zero-order chi connectivity index (χ0) is 18.9. The maximum absolute atomic E-state index is 12.1. The third-order valence-electron chi connectivity index (χ3n) is 5.62. The molecule has 1 fully saturated rings.